The zero-order valence-electron chi connectivity index (χ0n) is 6.91. The van der Waals surface area contributed by atoms with Crippen molar-refractivity contribution in [3.05, 3.63) is 0 Å². The van der Waals surface area contributed by atoms with Gasteiger partial charge in [0.25, 0.3) is 10.3 Å². The van der Waals surface area contributed by atoms with Gasteiger partial charge in [0.2, 0.25) is 0 Å². The fraction of sp³-hybridized carbons (Fsp3) is 0.667. The predicted octanol–water partition coefficient (Wildman–Crippen LogP) is 0.358. The van der Waals surface area contributed by atoms with Gasteiger partial charge in [0, 0.05) is 6.54 Å². The predicted molar refractivity (Wildman–Crippen MR) is 64.7 cm³/mol. The van der Waals surface area contributed by atoms with E-state index in [1.54, 1.807) is 0 Å². The molecule has 0 saturated heterocycles. The maximum absolute atomic E-state index is 8.40. The molecule has 5 N–H and O–H groups in total. The number of nitrogens with two attached hydrogens (primary N) is 1. The molecule has 0 aliphatic carbocycles. The second-order valence-corrected chi connectivity index (χ2v) is 2.73. The number of aliphatic hydroxyl groups is 2. The average Bonchev–Trinajstić information content (AvgIpc) is 1.86. The van der Waals surface area contributed by atoms with Crippen LogP contribution in [0.15, 0.2) is 0 Å². The van der Waals surface area contributed by atoms with Gasteiger partial charge in [-0.2, -0.15) is 0 Å². The Morgan fingerprint density at radius 2 is 1.77 bits per heavy atom. The third kappa shape index (κ3) is 46.1. The molecule has 0 aromatic rings. The molecule has 0 aromatic carbocycles. The van der Waals surface area contributed by atoms with Gasteiger partial charge in [-0.25, -0.2) is 0 Å². The number of nitrogens with one attached hydrogen (secondary N) is 1. The van der Waals surface area contributed by atoms with Crippen LogP contribution in [-0.4, -0.2) is 56.7 Å². The molecular weight excluding hydrogens is 219 g/mol. The van der Waals surface area contributed by atoms with E-state index in [0.717, 1.165) is 19.4 Å². The molecule has 0 aliphatic rings. The Morgan fingerprint density at radius 1 is 1.38 bits per heavy atom. The number of aliphatic hydroxyl groups excluding tert-OH is 2. The van der Waals surface area contributed by atoms with E-state index < -0.39 is 5.17 Å². The Hall–Kier alpha value is 0.380. The van der Waals surface area contributed by atoms with Crippen LogP contribution in [-0.2, 0) is 0 Å². The molecule has 0 atom stereocenters. The average molecular weight is 234 g/mol. The summed E-state index contributed by atoms with van der Waals surface area (Å²) in [6, 6.07) is 0. The molecule has 0 unspecified atom stereocenters. The van der Waals surface area contributed by atoms with E-state index in [9.17, 15) is 0 Å². The van der Waals surface area contributed by atoms with E-state index in [-0.39, 0.29) is 34.7 Å². The molecule has 0 rings (SSSR count). The maximum atomic E-state index is 8.40. The molecule has 13 heavy (non-hydrogen) atoms. The van der Waals surface area contributed by atoms with Crippen LogP contribution >= 0.6 is 24.4 Å². The topological polar surface area (TPSA) is 78.5 Å². The minimum absolute atomic E-state index is 0. The Bertz CT molecular complexity index is 143. The summed E-state index contributed by atoms with van der Waals surface area (Å²) in [5.41, 5.74) is 4.40. The van der Waals surface area contributed by atoms with Crippen LogP contribution in [0.25, 0.3) is 0 Å². The first-order valence-corrected chi connectivity index (χ1v) is 4.27. The molecule has 0 radical (unpaired) electrons. The van der Waals surface area contributed by atoms with Gasteiger partial charge in [-0.1, -0.05) is 13.3 Å². The summed E-state index contributed by atoms with van der Waals surface area (Å²) >= 11 is 8.22. The third-order valence-electron chi connectivity index (χ3n) is 0.807. The number of thiocarbonyl (C=S) groups is 2. The Kier molecular flexibility index (Phi) is 21.8. The van der Waals surface area contributed by atoms with Crippen molar-refractivity contribution >= 4 is 64.3 Å². The van der Waals surface area contributed by atoms with Gasteiger partial charge in [0.05, 0.1) is 0 Å². The summed E-state index contributed by atoms with van der Waals surface area (Å²) in [6.45, 7) is 2.87. The van der Waals surface area contributed by atoms with Crippen LogP contribution < -0.4 is 11.1 Å². The van der Waals surface area contributed by atoms with Crippen molar-refractivity contribution in [1.82, 2.24) is 5.32 Å². The second-order valence-electron chi connectivity index (χ2n) is 1.92. The van der Waals surface area contributed by atoms with Gasteiger partial charge < -0.3 is 21.3 Å². The Morgan fingerprint density at radius 3 is 2.00 bits per heavy atom. The fourth-order valence-electron chi connectivity index (χ4n) is 0.372. The van der Waals surface area contributed by atoms with Crippen molar-refractivity contribution in [2.75, 3.05) is 6.54 Å². The van der Waals surface area contributed by atoms with Crippen molar-refractivity contribution in [2.24, 2.45) is 5.73 Å². The van der Waals surface area contributed by atoms with Crippen LogP contribution in [0.2, 0.25) is 0 Å². The summed E-state index contributed by atoms with van der Waals surface area (Å²) in [4.78, 5) is 0. The summed E-state index contributed by atoms with van der Waals surface area (Å²) < 4.78 is 0. The molecule has 0 heterocycles. The van der Waals surface area contributed by atoms with Crippen LogP contribution in [0, 0.1) is 0 Å². The quantitative estimate of drug-likeness (QED) is 0.321. The van der Waals surface area contributed by atoms with Crippen LogP contribution in [0.1, 0.15) is 19.8 Å². The molecular formula is C6H15N2NaO2S2. The number of unbranched alkanes of at least 4 members (excludes halogenated alkanes) is 1. The number of hydrogen-bond acceptors (Lipinski definition) is 2. The van der Waals surface area contributed by atoms with Gasteiger partial charge in [0.1, 0.15) is 0 Å². The van der Waals surface area contributed by atoms with Gasteiger partial charge in [0.15, 0.2) is 0 Å². The Balaban J connectivity index is -0.000000173. The molecule has 0 spiro atoms. The zero-order chi connectivity index (χ0) is 9.98. The van der Waals surface area contributed by atoms with E-state index in [1.165, 1.54) is 0 Å². The van der Waals surface area contributed by atoms with Crippen LogP contribution in [0.5, 0.6) is 0 Å². The van der Waals surface area contributed by atoms with E-state index >= 15 is 0 Å². The molecule has 7 heteroatoms. The monoisotopic (exact) mass is 234 g/mol. The third-order valence-corrected chi connectivity index (χ3v) is 0.951. The van der Waals surface area contributed by atoms with Crippen molar-refractivity contribution in [2.45, 2.75) is 19.8 Å². The first-order valence-electron chi connectivity index (χ1n) is 3.45. The van der Waals surface area contributed by atoms with Gasteiger partial charge in [-0.3, -0.25) is 0 Å². The molecule has 0 aromatic heterocycles. The number of rotatable bonds is 3. The van der Waals surface area contributed by atoms with Crippen molar-refractivity contribution < 1.29 is 10.2 Å². The van der Waals surface area contributed by atoms with Crippen molar-refractivity contribution in [3.63, 3.8) is 0 Å². The van der Waals surface area contributed by atoms with E-state index in [4.69, 9.17) is 10.2 Å². The van der Waals surface area contributed by atoms with E-state index in [0.29, 0.717) is 0 Å². The normalized spacial score (nSPS) is 7.15. The first-order chi connectivity index (χ1) is 5.50. The van der Waals surface area contributed by atoms with Crippen LogP contribution in [0.3, 0.4) is 0 Å². The molecule has 4 nitrogen and oxygen atoms in total. The van der Waals surface area contributed by atoms with Gasteiger partial charge >= 0.3 is 29.6 Å². The summed E-state index contributed by atoms with van der Waals surface area (Å²) in [6.07, 6.45) is 2.18. The molecule has 0 fully saturated rings. The molecule has 0 aliphatic heterocycles. The van der Waals surface area contributed by atoms with E-state index in [2.05, 4.69) is 42.4 Å². The molecule has 74 valence electrons. The fourth-order valence-corrected chi connectivity index (χ4v) is 0.474. The summed E-state index contributed by atoms with van der Waals surface area (Å²) in [7, 11) is 0. The minimum atomic E-state index is -0.500. The van der Waals surface area contributed by atoms with Crippen molar-refractivity contribution in [3.8, 4) is 0 Å². The first kappa shape index (κ1) is 19.0. The second kappa shape index (κ2) is 14.9. The van der Waals surface area contributed by atoms with Gasteiger partial charge in [-0.05, 0) is 30.9 Å². The number of hydrogen-bond donors (Lipinski definition) is 4. The molecule has 0 saturated carbocycles. The Labute approximate surface area is 111 Å². The van der Waals surface area contributed by atoms with Gasteiger partial charge in [-0.15, -0.1) is 0 Å². The summed E-state index contributed by atoms with van der Waals surface area (Å²) in [5.74, 6) is 0. The van der Waals surface area contributed by atoms with E-state index in [1.807, 2.05) is 0 Å². The standard InChI is InChI=1S/C5H11NOS.CH3NOS.Na.H/c1-2-3-4-6-5(7)8;2-1(3)4;;/h2-4H2,1H3,(H2,6,7,8);(H3,2,3,4);;. The molecule has 0 bridgehead atoms. The van der Waals surface area contributed by atoms with Crippen molar-refractivity contribution in [1.29, 1.82) is 0 Å². The summed E-state index contributed by atoms with van der Waals surface area (Å²) in [5, 5.41) is 18.0. The molecule has 0 amide bonds. The SMILES string of the molecule is CCCCNC(O)=S.NC(O)=S.[NaH]. The van der Waals surface area contributed by atoms with Crippen LogP contribution in [0.4, 0.5) is 0 Å². The zero-order valence-corrected chi connectivity index (χ0v) is 8.54.